The first-order valence-electron chi connectivity index (χ1n) is 4.82. The van der Waals surface area contributed by atoms with E-state index in [4.69, 9.17) is 15.0 Å². The van der Waals surface area contributed by atoms with Crippen LogP contribution in [-0.2, 0) is 20.7 Å². The number of esters is 1. The first kappa shape index (κ1) is 12.2. The second kappa shape index (κ2) is 4.78. The second-order valence-electron chi connectivity index (χ2n) is 3.51. The van der Waals surface area contributed by atoms with Crippen LogP contribution in [0.1, 0.15) is 23.9 Å². The molecular weight excluding hydrogens is 212 g/mol. The SMILES string of the molecule is Cc1noc(C)c1CC(=O)OC(C)C(N)=O. The fraction of sp³-hybridized carbons (Fsp3) is 0.500. The number of aromatic nitrogens is 1. The topological polar surface area (TPSA) is 95.4 Å². The Balaban J connectivity index is 2.62. The fourth-order valence-corrected chi connectivity index (χ4v) is 1.20. The second-order valence-corrected chi connectivity index (χ2v) is 3.51. The predicted molar refractivity (Wildman–Crippen MR) is 54.4 cm³/mol. The van der Waals surface area contributed by atoms with E-state index in [-0.39, 0.29) is 6.42 Å². The van der Waals surface area contributed by atoms with E-state index in [2.05, 4.69) is 5.16 Å². The summed E-state index contributed by atoms with van der Waals surface area (Å²) in [5, 5.41) is 3.71. The van der Waals surface area contributed by atoms with Crippen molar-refractivity contribution in [3.05, 3.63) is 17.0 Å². The Morgan fingerprint density at radius 2 is 2.12 bits per heavy atom. The smallest absolute Gasteiger partial charge is 0.311 e. The van der Waals surface area contributed by atoms with Gasteiger partial charge in [0.05, 0.1) is 12.1 Å². The molecule has 0 radical (unpaired) electrons. The van der Waals surface area contributed by atoms with Crippen molar-refractivity contribution in [2.24, 2.45) is 5.73 Å². The molecule has 0 saturated carbocycles. The highest BCUT2D eigenvalue weighted by molar-refractivity contribution is 5.82. The summed E-state index contributed by atoms with van der Waals surface area (Å²) in [7, 11) is 0. The van der Waals surface area contributed by atoms with Crippen molar-refractivity contribution in [1.82, 2.24) is 5.16 Å². The van der Waals surface area contributed by atoms with Gasteiger partial charge in [0.1, 0.15) is 5.76 Å². The summed E-state index contributed by atoms with van der Waals surface area (Å²) in [6.45, 7) is 4.87. The quantitative estimate of drug-likeness (QED) is 0.742. The highest BCUT2D eigenvalue weighted by Gasteiger charge is 2.18. The van der Waals surface area contributed by atoms with Crippen LogP contribution in [0.15, 0.2) is 4.52 Å². The minimum absolute atomic E-state index is 0.0266. The number of hydrogen-bond acceptors (Lipinski definition) is 5. The summed E-state index contributed by atoms with van der Waals surface area (Å²) in [6, 6.07) is 0. The predicted octanol–water partition coefficient (Wildman–Crippen LogP) is 0.251. The molecule has 0 aliphatic carbocycles. The van der Waals surface area contributed by atoms with Crippen molar-refractivity contribution >= 4 is 11.9 Å². The third-order valence-corrected chi connectivity index (χ3v) is 2.21. The molecule has 0 aliphatic rings. The van der Waals surface area contributed by atoms with E-state index in [0.29, 0.717) is 17.0 Å². The molecule has 1 atom stereocenters. The van der Waals surface area contributed by atoms with Gasteiger partial charge >= 0.3 is 5.97 Å². The highest BCUT2D eigenvalue weighted by atomic mass is 16.5. The van der Waals surface area contributed by atoms with Crippen LogP contribution in [0.4, 0.5) is 0 Å². The van der Waals surface area contributed by atoms with Crippen molar-refractivity contribution in [2.75, 3.05) is 0 Å². The summed E-state index contributed by atoms with van der Waals surface area (Å²) in [6.07, 6.45) is -0.897. The Labute approximate surface area is 92.7 Å². The maximum Gasteiger partial charge on any atom is 0.311 e. The van der Waals surface area contributed by atoms with Gasteiger partial charge in [0.15, 0.2) is 6.10 Å². The molecule has 0 aliphatic heterocycles. The Bertz CT molecular complexity index is 391. The largest absolute Gasteiger partial charge is 0.452 e. The zero-order valence-corrected chi connectivity index (χ0v) is 9.44. The molecule has 1 aromatic rings. The number of carbonyl (C=O) groups excluding carboxylic acids is 2. The van der Waals surface area contributed by atoms with E-state index in [9.17, 15) is 9.59 Å². The maximum absolute atomic E-state index is 11.4. The molecule has 0 aromatic carbocycles. The molecule has 6 heteroatoms. The lowest BCUT2D eigenvalue weighted by molar-refractivity contribution is -0.153. The summed E-state index contributed by atoms with van der Waals surface area (Å²) in [4.78, 5) is 22.1. The molecule has 1 aromatic heterocycles. The zero-order chi connectivity index (χ0) is 12.3. The number of rotatable bonds is 4. The normalized spacial score (nSPS) is 12.2. The average Bonchev–Trinajstić information content (AvgIpc) is 2.49. The van der Waals surface area contributed by atoms with Crippen LogP contribution in [0, 0.1) is 13.8 Å². The monoisotopic (exact) mass is 226 g/mol. The number of primary amides is 1. The Kier molecular flexibility index (Phi) is 3.65. The molecule has 1 unspecified atom stereocenters. The summed E-state index contributed by atoms with van der Waals surface area (Å²) < 4.78 is 9.71. The standard InChI is InChI=1S/C10H14N2O4/c1-5-8(6(2)16-12-5)4-9(13)15-7(3)10(11)14/h7H,4H2,1-3H3,(H2,11,14). The van der Waals surface area contributed by atoms with Crippen molar-refractivity contribution in [3.63, 3.8) is 0 Å². The Morgan fingerprint density at radius 3 is 2.56 bits per heavy atom. The van der Waals surface area contributed by atoms with Gasteiger partial charge < -0.3 is 15.0 Å². The third kappa shape index (κ3) is 2.82. The van der Waals surface area contributed by atoms with Crippen LogP contribution < -0.4 is 5.73 Å². The number of amides is 1. The van der Waals surface area contributed by atoms with Gasteiger partial charge in [-0.3, -0.25) is 9.59 Å². The number of carbonyl (C=O) groups is 2. The molecule has 0 spiro atoms. The molecular formula is C10H14N2O4. The van der Waals surface area contributed by atoms with Crippen LogP contribution >= 0.6 is 0 Å². The van der Waals surface area contributed by atoms with E-state index in [1.54, 1.807) is 13.8 Å². The number of ether oxygens (including phenoxy) is 1. The van der Waals surface area contributed by atoms with E-state index >= 15 is 0 Å². The van der Waals surface area contributed by atoms with E-state index in [1.807, 2.05) is 0 Å². The van der Waals surface area contributed by atoms with Gasteiger partial charge in [-0.25, -0.2) is 0 Å². The Hall–Kier alpha value is -1.85. The van der Waals surface area contributed by atoms with Crippen LogP contribution in [0.3, 0.4) is 0 Å². The van der Waals surface area contributed by atoms with Crippen molar-refractivity contribution < 1.29 is 18.8 Å². The van der Waals surface area contributed by atoms with Gasteiger partial charge in [-0.05, 0) is 20.8 Å². The van der Waals surface area contributed by atoms with E-state index in [0.717, 1.165) is 0 Å². The summed E-state index contributed by atoms with van der Waals surface area (Å²) in [5.74, 6) is -0.631. The molecule has 88 valence electrons. The molecule has 16 heavy (non-hydrogen) atoms. The molecule has 1 rings (SSSR count). The molecule has 0 saturated heterocycles. The first-order chi connectivity index (χ1) is 7.41. The first-order valence-corrected chi connectivity index (χ1v) is 4.82. The third-order valence-electron chi connectivity index (χ3n) is 2.21. The molecule has 0 fully saturated rings. The van der Waals surface area contributed by atoms with Crippen LogP contribution in [0.25, 0.3) is 0 Å². The number of nitrogens with zero attached hydrogens (tertiary/aromatic N) is 1. The molecule has 0 bridgehead atoms. The van der Waals surface area contributed by atoms with Crippen LogP contribution in [0.5, 0.6) is 0 Å². The maximum atomic E-state index is 11.4. The van der Waals surface area contributed by atoms with Crippen molar-refractivity contribution in [2.45, 2.75) is 33.3 Å². The summed E-state index contributed by atoms with van der Waals surface area (Å²) >= 11 is 0. The fourth-order valence-electron chi connectivity index (χ4n) is 1.20. The molecule has 2 N–H and O–H groups in total. The molecule has 6 nitrogen and oxygen atoms in total. The van der Waals surface area contributed by atoms with E-state index < -0.39 is 18.0 Å². The van der Waals surface area contributed by atoms with Crippen LogP contribution in [0.2, 0.25) is 0 Å². The minimum atomic E-state index is -0.923. The van der Waals surface area contributed by atoms with Gasteiger partial charge in [-0.1, -0.05) is 5.16 Å². The lowest BCUT2D eigenvalue weighted by Gasteiger charge is -2.08. The lowest BCUT2D eigenvalue weighted by atomic mass is 10.1. The van der Waals surface area contributed by atoms with Gasteiger partial charge in [-0.2, -0.15) is 0 Å². The molecule has 1 amide bonds. The number of aryl methyl sites for hydroxylation is 2. The van der Waals surface area contributed by atoms with Gasteiger partial charge in [0, 0.05) is 5.56 Å². The zero-order valence-electron chi connectivity index (χ0n) is 9.44. The Morgan fingerprint density at radius 1 is 1.50 bits per heavy atom. The number of nitrogens with two attached hydrogens (primary N) is 1. The van der Waals surface area contributed by atoms with Crippen LogP contribution in [-0.4, -0.2) is 23.1 Å². The minimum Gasteiger partial charge on any atom is -0.452 e. The van der Waals surface area contributed by atoms with Gasteiger partial charge in [0.2, 0.25) is 0 Å². The van der Waals surface area contributed by atoms with Gasteiger partial charge in [-0.15, -0.1) is 0 Å². The van der Waals surface area contributed by atoms with Gasteiger partial charge in [0.25, 0.3) is 5.91 Å². The van der Waals surface area contributed by atoms with E-state index in [1.165, 1.54) is 6.92 Å². The van der Waals surface area contributed by atoms with Crippen molar-refractivity contribution in [3.8, 4) is 0 Å². The highest BCUT2D eigenvalue weighted by Crippen LogP contribution is 2.13. The molecule has 1 heterocycles. The van der Waals surface area contributed by atoms with Crippen molar-refractivity contribution in [1.29, 1.82) is 0 Å². The summed E-state index contributed by atoms with van der Waals surface area (Å²) in [5.41, 5.74) is 6.29. The lowest BCUT2D eigenvalue weighted by Crippen LogP contribution is -2.31. The number of hydrogen-bond donors (Lipinski definition) is 1. The average molecular weight is 226 g/mol.